The largest absolute Gasteiger partial charge is 0.383 e. The first-order chi connectivity index (χ1) is 9.06. The third kappa shape index (κ3) is 5.01. The maximum absolute atomic E-state index is 12.3. The van der Waals surface area contributed by atoms with Gasteiger partial charge in [0, 0.05) is 20.2 Å². The van der Waals surface area contributed by atoms with Crippen molar-refractivity contribution in [1.29, 1.82) is 0 Å². The summed E-state index contributed by atoms with van der Waals surface area (Å²) in [5, 5.41) is 0. The molecule has 0 fully saturated rings. The molecule has 0 heterocycles. The van der Waals surface area contributed by atoms with E-state index in [0.29, 0.717) is 19.7 Å². The van der Waals surface area contributed by atoms with Gasteiger partial charge in [0.2, 0.25) is 5.91 Å². The van der Waals surface area contributed by atoms with Crippen LogP contribution in [0.15, 0.2) is 30.3 Å². The lowest BCUT2D eigenvalue weighted by Crippen LogP contribution is -2.47. The highest BCUT2D eigenvalue weighted by Crippen LogP contribution is 2.09. The van der Waals surface area contributed by atoms with Gasteiger partial charge in [-0.25, -0.2) is 0 Å². The van der Waals surface area contributed by atoms with Gasteiger partial charge in [-0.3, -0.25) is 4.79 Å². The molecule has 0 aliphatic carbocycles. The second-order valence-electron chi connectivity index (χ2n) is 5.01. The van der Waals surface area contributed by atoms with Gasteiger partial charge in [-0.05, 0) is 11.5 Å². The number of hydrogen-bond acceptors (Lipinski definition) is 3. The van der Waals surface area contributed by atoms with E-state index >= 15 is 0 Å². The number of amides is 1. The van der Waals surface area contributed by atoms with Crippen LogP contribution in [-0.2, 0) is 16.1 Å². The van der Waals surface area contributed by atoms with E-state index in [0.717, 1.165) is 5.56 Å². The fourth-order valence-electron chi connectivity index (χ4n) is 1.77. The summed E-state index contributed by atoms with van der Waals surface area (Å²) in [4.78, 5) is 14.1. The third-order valence-electron chi connectivity index (χ3n) is 3.10. The Morgan fingerprint density at radius 2 is 1.95 bits per heavy atom. The highest BCUT2D eigenvalue weighted by Gasteiger charge is 2.23. The first-order valence-corrected chi connectivity index (χ1v) is 6.63. The molecule has 2 N–H and O–H groups in total. The average molecular weight is 264 g/mol. The lowest BCUT2D eigenvalue weighted by molar-refractivity contribution is -0.134. The predicted octanol–water partition coefficient (Wildman–Crippen LogP) is 1.64. The number of benzene rings is 1. The van der Waals surface area contributed by atoms with Crippen molar-refractivity contribution in [3.05, 3.63) is 35.9 Å². The van der Waals surface area contributed by atoms with E-state index in [4.69, 9.17) is 10.5 Å². The summed E-state index contributed by atoms with van der Waals surface area (Å²) in [6.45, 7) is 5.57. The molecule has 0 radical (unpaired) electrons. The smallest absolute Gasteiger partial charge is 0.240 e. The molecule has 106 valence electrons. The molecule has 0 aliphatic rings. The molecule has 0 spiro atoms. The molecule has 19 heavy (non-hydrogen) atoms. The van der Waals surface area contributed by atoms with Gasteiger partial charge in [0.15, 0.2) is 0 Å². The summed E-state index contributed by atoms with van der Waals surface area (Å²) < 4.78 is 5.07. The molecule has 1 aromatic rings. The summed E-state index contributed by atoms with van der Waals surface area (Å²) in [5.41, 5.74) is 7.05. The fraction of sp³-hybridized carbons (Fsp3) is 0.533. The molecule has 1 aromatic carbocycles. The van der Waals surface area contributed by atoms with E-state index in [1.54, 1.807) is 12.0 Å². The Kier molecular flexibility index (Phi) is 6.53. The van der Waals surface area contributed by atoms with E-state index < -0.39 is 6.04 Å². The highest BCUT2D eigenvalue weighted by atomic mass is 16.5. The maximum atomic E-state index is 12.3. The average Bonchev–Trinajstić information content (AvgIpc) is 2.42. The normalized spacial score (nSPS) is 12.5. The summed E-state index contributed by atoms with van der Waals surface area (Å²) in [5.74, 6) is 0.115. The van der Waals surface area contributed by atoms with Crippen molar-refractivity contribution < 1.29 is 9.53 Å². The molecule has 0 saturated heterocycles. The maximum Gasteiger partial charge on any atom is 0.240 e. The van der Waals surface area contributed by atoms with E-state index in [9.17, 15) is 4.79 Å². The number of hydrogen-bond donors (Lipinski definition) is 1. The van der Waals surface area contributed by atoms with Crippen molar-refractivity contribution in [2.24, 2.45) is 11.7 Å². The Morgan fingerprint density at radius 1 is 1.32 bits per heavy atom. The summed E-state index contributed by atoms with van der Waals surface area (Å²) >= 11 is 0. The van der Waals surface area contributed by atoms with Crippen molar-refractivity contribution in [3.63, 3.8) is 0 Å². The van der Waals surface area contributed by atoms with E-state index in [2.05, 4.69) is 0 Å². The molecule has 1 amide bonds. The second-order valence-corrected chi connectivity index (χ2v) is 5.01. The van der Waals surface area contributed by atoms with Crippen LogP contribution < -0.4 is 5.73 Å². The topological polar surface area (TPSA) is 55.6 Å². The molecular formula is C15H24N2O2. The first kappa shape index (κ1) is 15.7. The lowest BCUT2D eigenvalue weighted by Gasteiger charge is -2.27. The van der Waals surface area contributed by atoms with E-state index in [-0.39, 0.29) is 11.8 Å². The minimum absolute atomic E-state index is 0.0177. The van der Waals surface area contributed by atoms with Crippen LogP contribution in [0.5, 0.6) is 0 Å². The molecular weight excluding hydrogens is 240 g/mol. The zero-order chi connectivity index (χ0) is 14.3. The molecule has 0 bridgehead atoms. The van der Waals surface area contributed by atoms with Gasteiger partial charge in [0.1, 0.15) is 0 Å². The number of rotatable bonds is 7. The zero-order valence-electron chi connectivity index (χ0n) is 12.0. The number of nitrogens with zero attached hydrogens (tertiary/aromatic N) is 1. The van der Waals surface area contributed by atoms with Gasteiger partial charge in [-0.2, -0.15) is 0 Å². The van der Waals surface area contributed by atoms with Gasteiger partial charge in [-0.15, -0.1) is 0 Å². The Morgan fingerprint density at radius 3 is 2.47 bits per heavy atom. The van der Waals surface area contributed by atoms with Crippen LogP contribution in [0.2, 0.25) is 0 Å². The van der Waals surface area contributed by atoms with E-state index in [1.165, 1.54) is 0 Å². The van der Waals surface area contributed by atoms with Gasteiger partial charge >= 0.3 is 0 Å². The van der Waals surface area contributed by atoms with E-state index in [1.807, 2.05) is 44.2 Å². The van der Waals surface area contributed by atoms with Gasteiger partial charge < -0.3 is 15.4 Å². The van der Waals surface area contributed by atoms with Crippen LogP contribution in [0, 0.1) is 5.92 Å². The SMILES string of the molecule is COCCN(Cc1ccccc1)C(=O)[C@H](N)C(C)C. The molecule has 0 aromatic heterocycles. The molecule has 4 nitrogen and oxygen atoms in total. The Labute approximate surface area is 115 Å². The summed E-state index contributed by atoms with van der Waals surface area (Å²) in [7, 11) is 1.63. The van der Waals surface area contributed by atoms with Crippen molar-refractivity contribution in [2.45, 2.75) is 26.4 Å². The van der Waals surface area contributed by atoms with Crippen molar-refractivity contribution in [1.82, 2.24) is 4.90 Å². The Balaban J connectivity index is 2.74. The number of carbonyl (C=O) groups is 1. The minimum Gasteiger partial charge on any atom is -0.383 e. The Bertz CT molecular complexity index is 379. The van der Waals surface area contributed by atoms with Crippen molar-refractivity contribution in [2.75, 3.05) is 20.3 Å². The van der Waals surface area contributed by atoms with Gasteiger partial charge in [0.25, 0.3) is 0 Å². The summed E-state index contributed by atoms with van der Waals surface area (Å²) in [6, 6.07) is 9.46. The number of carbonyl (C=O) groups excluding carboxylic acids is 1. The Hall–Kier alpha value is -1.39. The molecule has 0 saturated carbocycles. The van der Waals surface area contributed by atoms with Gasteiger partial charge in [0.05, 0.1) is 12.6 Å². The van der Waals surface area contributed by atoms with Crippen LogP contribution in [0.1, 0.15) is 19.4 Å². The third-order valence-corrected chi connectivity index (χ3v) is 3.10. The molecule has 1 rings (SSSR count). The number of ether oxygens (including phenoxy) is 1. The monoisotopic (exact) mass is 264 g/mol. The summed E-state index contributed by atoms with van der Waals surface area (Å²) in [6.07, 6.45) is 0. The lowest BCUT2D eigenvalue weighted by atomic mass is 10.0. The first-order valence-electron chi connectivity index (χ1n) is 6.63. The van der Waals surface area contributed by atoms with Crippen LogP contribution in [0.25, 0.3) is 0 Å². The van der Waals surface area contributed by atoms with Crippen LogP contribution in [-0.4, -0.2) is 37.1 Å². The van der Waals surface area contributed by atoms with Crippen molar-refractivity contribution >= 4 is 5.91 Å². The predicted molar refractivity (Wildman–Crippen MR) is 76.5 cm³/mol. The van der Waals surface area contributed by atoms with Crippen LogP contribution in [0.4, 0.5) is 0 Å². The van der Waals surface area contributed by atoms with Gasteiger partial charge in [-0.1, -0.05) is 44.2 Å². The second kappa shape index (κ2) is 7.92. The zero-order valence-corrected chi connectivity index (χ0v) is 12.0. The molecule has 0 aliphatic heterocycles. The molecule has 0 unspecified atom stereocenters. The number of nitrogens with two attached hydrogens (primary N) is 1. The van der Waals surface area contributed by atoms with Crippen molar-refractivity contribution in [3.8, 4) is 0 Å². The molecule has 4 heteroatoms. The number of methoxy groups -OCH3 is 1. The van der Waals surface area contributed by atoms with Crippen LogP contribution in [0.3, 0.4) is 0 Å². The minimum atomic E-state index is -0.458. The molecule has 1 atom stereocenters. The quantitative estimate of drug-likeness (QED) is 0.814. The standard InChI is InChI=1S/C15H24N2O2/c1-12(2)14(16)15(18)17(9-10-19-3)11-13-7-5-4-6-8-13/h4-8,12,14H,9-11,16H2,1-3H3/t14-/m1/s1. The highest BCUT2D eigenvalue weighted by molar-refractivity contribution is 5.81. The van der Waals surface area contributed by atoms with Crippen LogP contribution >= 0.6 is 0 Å². The fourth-order valence-corrected chi connectivity index (χ4v) is 1.77.